The van der Waals surface area contributed by atoms with Crippen molar-refractivity contribution in [3.8, 4) is 0 Å². The molecule has 0 spiro atoms. The van der Waals surface area contributed by atoms with Gasteiger partial charge in [-0.2, -0.15) is 0 Å². The Bertz CT molecular complexity index is 1030. The summed E-state index contributed by atoms with van der Waals surface area (Å²) >= 11 is 7.77. The van der Waals surface area contributed by atoms with Crippen LogP contribution in [0.5, 0.6) is 0 Å². The van der Waals surface area contributed by atoms with Gasteiger partial charge in [-0.15, -0.1) is 11.3 Å². The van der Waals surface area contributed by atoms with Crippen LogP contribution in [0.15, 0.2) is 30.3 Å². The number of rotatable bonds is 2. The predicted molar refractivity (Wildman–Crippen MR) is 107 cm³/mol. The maximum atomic E-state index is 13.0. The van der Waals surface area contributed by atoms with Crippen LogP contribution in [0.3, 0.4) is 0 Å². The number of fused-ring (bicyclic) bond motifs is 3. The molecule has 0 radical (unpaired) electrons. The van der Waals surface area contributed by atoms with Crippen LogP contribution in [0, 0.1) is 0 Å². The van der Waals surface area contributed by atoms with Crippen molar-refractivity contribution in [2.45, 2.75) is 6.92 Å². The van der Waals surface area contributed by atoms with Crippen molar-refractivity contribution in [3.63, 3.8) is 0 Å². The molecule has 1 fully saturated rings. The zero-order chi connectivity index (χ0) is 19.0. The summed E-state index contributed by atoms with van der Waals surface area (Å²) in [5.41, 5.74) is 0.818. The van der Waals surface area contributed by atoms with Gasteiger partial charge in [-0.1, -0.05) is 29.8 Å². The molecule has 2 aromatic heterocycles. The Morgan fingerprint density at radius 3 is 2.59 bits per heavy atom. The van der Waals surface area contributed by atoms with E-state index >= 15 is 0 Å². The number of thiophene rings is 1. The minimum atomic E-state index is -0.323. The molecule has 0 bridgehead atoms. The molecule has 0 atom stereocenters. The third-order valence-electron chi connectivity index (χ3n) is 4.63. The minimum absolute atomic E-state index is 0.0418. The van der Waals surface area contributed by atoms with E-state index in [0.29, 0.717) is 42.8 Å². The SMILES string of the molecule is CCOC(=O)N1CCN(C(=O)c2cc3c(Cl)nc4ccccc4c3s2)CC1. The number of aromatic nitrogens is 1. The molecule has 2 amide bonds. The first-order chi connectivity index (χ1) is 13.1. The van der Waals surface area contributed by atoms with E-state index in [0.717, 1.165) is 21.0 Å². The van der Waals surface area contributed by atoms with Crippen LogP contribution >= 0.6 is 22.9 Å². The molecule has 1 aliphatic rings. The second kappa shape index (κ2) is 7.32. The Labute approximate surface area is 165 Å². The van der Waals surface area contributed by atoms with E-state index in [9.17, 15) is 9.59 Å². The summed E-state index contributed by atoms with van der Waals surface area (Å²) in [6.45, 7) is 4.05. The topological polar surface area (TPSA) is 62.7 Å². The van der Waals surface area contributed by atoms with Gasteiger partial charge in [0.25, 0.3) is 5.91 Å². The van der Waals surface area contributed by atoms with Crippen LogP contribution in [0.1, 0.15) is 16.6 Å². The summed E-state index contributed by atoms with van der Waals surface area (Å²) in [5.74, 6) is -0.0418. The summed E-state index contributed by atoms with van der Waals surface area (Å²) in [6.07, 6.45) is -0.323. The number of benzene rings is 1. The fourth-order valence-electron chi connectivity index (χ4n) is 3.24. The molecule has 1 aliphatic heterocycles. The first-order valence-electron chi connectivity index (χ1n) is 8.77. The molecule has 0 N–H and O–H groups in total. The number of carbonyl (C=O) groups is 2. The van der Waals surface area contributed by atoms with E-state index in [4.69, 9.17) is 16.3 Å². The highest BCUT2D eigenvalue weighted by Gasteiger charge is 2.27. The van der Waals surface area contributed by atoms with E-state index in [1.165, 1.54) is 11.3 Å². The van der Waals surface area contributed by atoms with Crippen molar-refractivity contribution in [3.05, 3.63) is 40.4 Å². The minimum Gasteiger partial charge on any atom is -0.450 e. The number of para-hydroxylation sites is 1. The summed E-state index contributed by atoms with van der Waals surface area (Å²) in [4.78, 5) is 33.2. The Hall–Kier alpha value is -2.38. The highest BCUT2D eigenvalue weighted by Crippen LogP contribution is 2.36. The molecular formula is C19H18ClN3O3S. The number of amides is 2. The Morgan fingerprint density at radius 2 is 1.85 bits per heavy atom. The van der Waals surface area contributed by atoms with E-state index in [-0.39, 0.29) is 12.0 Å². The van der Waals surface area contributed by atoms with Gasteiger partial charge in [0.2, 0.25) is 0 Å². The number of hydrogen-bond donors (Lipinski definition) is 0. The van der Waals surface area contributed by atoms with Gasteiger partial charge in [-0.25, -0.2) is 9.78 Å². The lowest BCUT2D eigenvalue weighted by Crippen LogP contribution is -2.50. The van der Waals surface area contributed by atoms with Crippen molar-refractivity contribution in [2.75, 3.05) is 32.8 Å². The molecule has 3 aromatic rings. The predicted octanol–water partition coefficient (Wildman–Crippen LogP) is 4.02. The number of ether oxygens (including phenoxy) is 1. The van der Waals surface area contributed by atoms with Gasteiger partial charge in [0.1, 0.15) is 5.15 Å². The van der Waals surface area contributed by atoms with E-state index < -0.39 is 0 Å². The van der Waals surface area contributed by atoms with Gasteiger partial charge in [0.15, 0.2) is 0 Å². The molecule has 1 saturated heterocycles. The van der Waals surface area contributed by atoms with Crippen LogP contribution in [-0.2, 0) is 4.74 Å². The molecule has 0 aliphatic carbocycles. The van der Waals surface area contributed by atoms with E-state index in [1.807, 2.05) is 30.3 Å². The maximum absolute atomic E-state index is 13.0. The molecule has 8 heteroatoms. The normalized spacial score (nSPS) is 14.7. The summed E-state index contributed by atoms with van der Waals surface area (Å²) in [7, 11) is 0. The standard InChI is InChI=1S/C19H18ClN3O3S/c1-2-26-19(25)23-9-7-22(8-10-23)18(24)15-11-13-16(27-15)12-5-3-4-6-14(12)21-17(13)20/h3-6,11H,2,7-10H2,1H3. The third-order valence-corrected chi connectivity index (χ3v) is 6.07. The number of nitrogens with zero attached hydrogens (tertiary/aromatic N) is 3. The molecule has 27 heavy (non-hydrogen) atoms. The highest BCUT2D eigenvalue weighted by atomic mass is 35.5. The van der Waals surface area contributed by atoms with Gasteiger partial charge < -0.3 is 14.5 Å². The largest absolute Gasteiger partial charge is 0.450 e. The summed E-state index contributed by atoms with van der Waals surface area (Å²) < 4.78 is 5.99. The van der Waals surface area contributed by atoms with Crippen molar-refractivity contribution in [2.24, 2.45) is 0 Å². The number of piperazine rings is 1. The molecule has 3 heterocycles. The second-order valence-electron chi connectivity index (χ2n) is 6.25. The zero-order valence-corrected chi connectivity index (χ0v) is 16.3. The fourth-order valence-corrected chi connectivity index (χ4v) is 4.70. The van der Waals surface area contributed by atoms with Crippen LogP contribution in [0.25, 0.3) is 21.0 Å². The quantitative estimate of drug-likeness (QED) is 0.606. The number of carbonyl (C=O) groups excluding carboxylic acids is 2. The summed E-state index contributed by atoms with van der Waals surface area (Å²) in [5, 5.41) is 2.20. The molecular weight excluding hydrogens is 386 g/mol. The van der Waals surface area contributed by atoms with Gasteiger partial charge in [0.05, 0.1) is 17.0 Å². The lowest BCUT2D eigenvalue weighted by molar-refractivity contribution is 0.0574. The molecule has 140 valence electrons. The number of hydrogen-bond acceptors (Lipinski definition) is 5. The molecule has 6 nitrogen and oxygen atoms in total. The summed E-state index contributed by atoms with van der Waals surface area (Å²) in [6, 6.07) is 9.59. The lowest BCUT2D eigenvalue weighted by Gasteiger charge is -2.33. The van der Waals surface area contributed by atoms with Crippen molar-refractivity contribution in [1.29, 1.82) is 0 Å². The maximum Gasteiger partial charge on any atom is 0.409 e. The first-order valence-corrected chi connectivity index (χ1v) is 9.96. The van der Waals surface area contributed by atoms with Crippen LogP contribution in [0.4, 0.5) is 4.79 Å². The number of halogens is 1. The fraction of sp³-hybridized carbons (Fsp3) is 0.316. The smallest absolute Gasteiger partial charge is 0.409 e. The Morgan fingerprint density at radius 1 is 1.15 bits per heavy atom. The number of pyridine rings is 1. The molecule has 1 aromatic carbocycles. The third kappa shape index (κ3) is 3.33. The van der Waals surface area contributed by atoms with Crippen molar-refractivity contribution < 1.29 is 14.3 Å². The Kier molecular flexibility index (Phi) is 4.88. The van der Waals surface area contributed by atoms with Crippen LogP contribution in [0.2, 0.25) is 5.15 Å². The monoisotopic (exact) mass is 403 g/mol. The van der Waals surface area contributed by atoms with Crippen molar-refractivity contribution >= 4 is 55.9 Å². The molecule has 0 saturated carbocycles. The zero-order valence-electron chi connectivity index (χ0n) is 14.8. The molecule has 4 rings (SSSR count). The van der Waals surface area contributed by atoms with Crippen LogP contribution < -0.4 is 0 Å². The molecule has 0 unspecified atom stereocenters. The average Bonchev–Trinajstić information content (AvgIpc) is 3.14. The van der Waals surface area contributed by atoms with Gasteiger partial charge >= 0.3 is 6.09 Å². The van der Waals surface area contributed by atoms with E-state index in [1.54, 1.807) is 16.7 Å². The van der Waals surface area contributed by atoms with Gasteiger partial charge in [-0.05, 0) is 19.1 Å². The average molecular weight is 404 g/mol. The Balaban J connectivity index is 1.58. The second-order valence-corrected chi connectivity index (χ2v) is 7.66. The van der Waals surface area contributed by atoms with Crippen LogP contribution in [-0.4, -0.2) is 59.6 Å². The lowest BCUT2D eigenvalue weighted by atomic mass is 10.2. The van der Waals surface area contributed by atoms with Crippen molar-refractivity contribution in [1.82, 2.24) is 14.8 Å². The van der Waals surface area contributed by atoms with Gasteiger partial charge in [0, 0.05) is 41.7 Å². The highest BCUT2D eigenvalue weighted by molar-refractivity contribution is 7.21. The van der Waals surface area contributed by atoms with Gasteiger partial charge in [-0.3, -0.25) is 4.79 Å². The first kappa shape index (κ1) is 18.0. The van der Waals surface area contributed by atoms with E-state index in [2.05, 4.69) is 4.98 Å².